The topological polar surface area (TPSA) is 113 Å². The maximum Gasteiger partial charge on any atom is 0.318 e. The summed E-state index contributed by atoms with van der Waals surface area (Å²) in [5.41, 5.74) is 5.16. The van der Waals surface area contributed by atoms with Gasteiger partial charge in [0.05, 0.1) is 5.92 Å². The van der Waals surface area contributed by atoms with E-state index in [1.54, 1.807) is 0 Å². The first kappa shape index (κ1) is 17.3. The molecule has 0 bridgehead atoms. The molecule has 21 heavy (non-hydrogen) atoms. The number of hydrogen-bond donors (Lipinski definition) is 3. The van der Waals surface area contributed by atoms with Gasteiger partial charge in [-0.3, -0.25) is 9.59 Å². The van der Waals surface area contributed by atoms with Crippen LogP contribution in [0.15, 0.2) is 0 Å². The Bertz CT molecular complexity index is 398. The molecule has 0 heterocycles. The van der Waals surface area contributed by atoms with Crippen LogP contribution in [0.25, 0.3) is 0 Å². The van der Waals surface area contributed by atoms with Crippen molar-refractivity contribution in [3.05, 3.63) is 0 Å². The number of amides is 3. The molecular formula is C14H25N3O4. The highest BCUT2D eigenvalue weighted by molar-refractivity contribution is 5.83. The number of carbonyl (C=O) groups is 3. The van der Waals surface area contributed by atoms with Gasteiger partial charge in [0.1, 0.15) is 6.54 Å². The first-order chi connectivity index (χ1) is 9.81. The van der Waals surface area contributed by atoms with Crippen molar-refractivity contribution in [2.75, 3.05) is 13.1 Å². The maximum atomic E-state index is 12.3. The Morgan fingerprint density at radius 2 is 1.90 bits per heavy atom. The van der Waals surface area contributed by atoms with Crippen LogP contribution in [-0.4, -0.2) is 47.0 Å². The largest absolute Gasteiger partial charge is 0.481 e. The van der Waals surface area contributed by atoms with Gasteiger partial charge in [-0.2, -0.15) is 0 Å². The molecule has 3 amide bonds. The number of nitrogens with zero attached hydrogens (tertiary/aromatic N) is 1. The molecule has 2 atom stereocenters. The minimum Gasteiger partial charge on any atom is -0.481 e. The Labute approximate surface area is 124 Å². The summed E-state index contributed by atoms with van der Waals surface area (Å²) in [6, 6.07) is -0.799. The second kappa shape index (κ2) is 7.85. The van der Waals surface area contributed by atoms with Crippen molar-refractivity contribution in [3.63, 3.8) is 0 Å². The normalized spacial score (nSPS) is 21.9. The number of urea groups is 1. The van der Waals surface area contributed by atoms with E-state index in [9.17, 15) is 19.5 Å². The Kier molecular flexibility index (Phi) is 6.45. The molecule has 1 rings (SSSR count). The van der Waals surface area contributed by atoms with Crippen LogP contribution in [0.4, 0.5) is 4.79 Å². The molecule has 0 saturated heterocycles. The van der Waals surface area contributed by atoms with Crippen molar-refractivity contribution < 1.29 is 19.5 Å². The Morgan fingerprint density at radius 3 is 2.43 bits per heavy atom. The molecule has 0 aromatic rings. The average molecular weight is 299 g/mol. The van der Waals surface area contributed by atoms with Crippen molar-refractivity contribution in [1.29, 1.82) is 0 Å². The summed E-state index contributed by atoms with van der Waals surface area (Å²) < 4.78 is 0. The molecule has 7 nitrogen and oxygen atoms in total. The molecule has 2 unspecified atom stereocenters. The van der Waals surface area contributed by atoms with Crippen LogP contribution >= 0.6 is 0 Å². The van der Waals surface area contributed by atoms with Gasteiger partial charge < -0.3 is 21.1 Å². The molecule has 0 aromatic carbocycles. The second-order valence-corrected chi connectivity index (χ2v) is 6.03. The van der Waals surface area contributed by atoms with E-state index in [1.807, 2.05) is 13.8 Å². The van der Waals surface area contributed by atoms with Crippen LogP contribution in [0.5, 0.6) is 0 Å². The zero-order valence-electron chi connectivity index (χ0n) is 12.7. The lowest BCUT2D eigenvalue weighted by atomic mass is 9.84. The number of carboxylic acids is 1. The zero-order valence-corrected chi connectivity index (χ0v) is 12.7. The van der Waals surface area contributed by atoms with E-state index in [1.165, 1.54) is 4.90 Å². The van der Waals surface area contributed by atoms with E-state index in [-0.39, 0.29) is 18.5 Å². The average Bonchev–Trinajstić information content (AvgIpc) is 2.37. The molecule has 0 aromatic heterocycles. The van der Waals surface area contributed by atoms with Crippen molar-refractivity contribution in [3.8, 4) is 0 Å². The Balaban J connectivity index is 2.69. The first-order valence-corrected chi connectivity index (χ1v) is 7.37. The second-order valence-electron chi connectivity index (χ2n) is 6.03. The highest BCUT2D eigenvalue weighted by Gasteiger charge is 2.33. The SMILES string of the molecule is CC(C)CN(CC(N)=O)C(=O)NC1CCCCC1C(=O)O. The third-order valence-corrected chi connectivity index (χ3v) is 3.61. The molecule has 1 aliphatic carbocycles. The molecule has 7 heteroatoms. The van der Waals surface area contributed by atoms with Gasteiger partial charge >= 0.3 is 12.0 Å². The highest BCUT2D eigenvalue weighted by atomic mass is 16.4. The summed E-state index contributed by atoms with van der Waals surface area (Å²) in [7, 11) is 0. The summed E-state index contributed by atoms with van der Waals surface area (Å²) in [4.78, 5) is 35.9. The monoisotopic (exact) mass is 299 g/mol. The van der Waals surface area contributed by atoms with E-state index in [0.717, 1.165) is 12.8 Å². The molecule has 1 fully saturated rings. The number of rotatable bonds is 6. The van der Waals surface area contributed by atoms with Crippen molar-refractivity contribution in [1.82, 2.24) is 10.2 Å². The van der Waals surface area contributed by atoms with Gasteiger partial charge in [0, 0.05) is 12.6 Å². The van der Waals surface area contributed by atoms with Gasteiger partial charge in [0.2, 0.25) is 5.91 Å². The van der Waals surface area contributed by atoms with Gasteiger partial charge in [0.15, 0.2) is 0 Å². The lowest BCUT2D eigenvalue weighted by Gasteiger charge is -2.32. The quantitative estimate of drug-likeness (QED) is 0.672. The summed E-state index contributed by atoms with van der Waals surface area (Å²) in [5.74, 6) is -1.83. The molecule has 4 N–H and O–H groups in total. The molecule has 1 saturated carbocycles. The number of primary amides is 1. The number of carboxylic acid groups (broad SMARTS) is 1. The summed E-state index contributed by atoms with van der Waals surface area (Å²) >= 11 is 0. The fourth-order valence-corrected chi connectivity index (χ4v) is 2.70. The van der Waals surface area contributed by atoms with Crippen LogP contribution < -0.4 is 11.1 Å². The summed E-state index contributed by atoms with van der Waals surface area (Å²) in [6.45, 7) is 4.11. The van der Waals surface area contributed by atoms with E-state index in [0.29, 0.717) is 19.4 Å². The Morgan fingerprint density at radius 1 is 1.29 bits per heavy atom. The number of hydrogen-bond acceptors (Lipinski definition) is 3. The zero-order chi connectivity index (χ0) is 16.0. The van der Waals surface area contributed by atoms with Crippen LogP contribution in [0.1, 0.15) is 39.5 Å². The minimum absolute atomic E-state index is 0.158. The Hall–Kier alpha value is -1.79. The van der Waals surface area contributed by atoms with Crippen LogP contribution in [0, 0.1) is 11.8 Å². The molecule has 0 radical (unpaired) electrons. The predicted octanol–water partition coefficient (Wildman–Crippen LogP) is 0.783. The van der Waals surface area contributed by atoms with Crippen LogP contribution in [0.3, 0.4) is 0 Å². The molecule has 1 aliphatic rings. The van der Waals surface area contributed by atoms with Gasteiger partial charge in [0.25, 0.3) is 0 Å². The molecule has 0 aliphatic heterocycles. The number of carbonyl (C=O) groups excluding carboxylic acids is 2. The predicted molar refractivity (Wildman–Crippen MR) is 77.5 cm³/mol. The molecule has 120 valence electrons. The number of nitrogens with one attached hydrogen (secondary N) is 1. The summed E-state index contributed by atoms with van der Waals surface area (Å²) in [5, 5.41) is 12.0. The van der Waals surface area contributed by atoms with Gasteiger partial charge in [-0.25, -0.2) is 4.79 Å². The van der Waals surface area contributed by atoms with Crippen LogP contribution in [-0.2, 0) is 9.59 Å². The van der Waals surface area contributed by atoms with Crippen LogP contribution in [0.2, 0.25) is 0 Å². The minimum atomic E-state index is -0.884. The first-order valence-electron chi connectivity index (χ1n) is 7.37. The third-order valence-electron chi connectivity index (χ3n) is 3.61. The highest BCUT2D eigenvalue weighted by Crippen LogP contribution is 2.24. The van der Waals surface area contributed by atoms with Gasteiger partial charge in [-0.1, -0.05) is 26.7 Å². The fourth-order valence-electron chi connectivity index (χ4n) is 2.70. The lowest BCUT2D eigenvalue weighted by Crippen LogP contribution is -2.52. The van der Waals surface area contributed by atoms with Gasteiger partial charge in [-0.05, 0) is 18.8 Å². The lowest BCUT2D eigenvalue weighted by molar-refractivity contribution is -0.143. The van der Waals surface area contributed by atoms with E-state index < -0.39 is 23.8 Å². The standard InChI is InChI=1S/C14H25N3O4/c1-9(2)7-17(8-12(15)18)14(21)16-11-6-4-3-5-10(11)13(19)20/h9-11H,3-8H2,1-2H3,(H2,15,18)(H,16,21)(H,19,20). The number of nitrogens with two attached hydrogens (primary N) is 1. The smallest absolute Gasteiger partial charge is 0.318 e. The van der Waals surface area contributed by atoms with E-state index in [2.05, 4.69) is 5.32 Å². The molecule has 0 spiro atoms. The molecular weight excluding hydrogens is 274 g/mol. The maximum absolute atomic E-state index is 12.3. The van der Waals surface area contributed by atoms with Crippen molar-refractivity contribution >= 4 is 17.9 Å². The fraction of sp³-hybridized carbons (Fsp3) is 0.786. The number of aliphatic carboxylic acids is 1. The van der Waals surface area contributed by atoms with Crippen molar-refractivity contribution in [2.24, 2.45) is 17.6 Å². The third kappa shape index (κ3) is 5.61. The van der Waals surface area contributed by atoms with E-state index in [4.69, 9.17) is 5.73 Å². The van der Waals surface area contributed by atoms with Gasteiger partial charge in [-0.15, -0.1) is 0 Å². The summed E-state index contributed by atoms with van der Waals surface area (Å²) in [6.07, 6.45) is 2.98. The van der Waals surface area contributed by atoms with Crippen molar-refractivity contribution in [2.45, 2.75) is 45.6 Å². The van der Waals surface area contributed by atoms with E-state index >= 15 is 0 Å².